The van der Waals surface area contributed by atoms with Crippen molar-refractivity contribution in [1.82, 2.24) is 0 Å². The summed E-state index contributed by atoms with van der Waals surface area (Å²) >= 11 is 0. The third-order valence-electron chi connectivity index (χ3n) is 3.68. The molecule has 1 aliphatic carbocycles. The molecule has 0 saturated heterocycles. The van der Waals surface area contributed by atoms with Gasteiger partial charge < -0.3 is 0 Å². The van der Waals surface area contributed by atoms with E-state index in [-0.39, 0.29) is 5.92 Å². The van der Waals surface area contributed by atoms with Crippen LogP contribution in [0.2, 0.25) is 0 Å². The lowest BCUT2D eigenvalue weighted by molar-refractivity contribution is -0.121. The summed E-state index contributed by atoms with van der Waals surface area (Å²) in [4.78, 5) is 11.5. The van der Waals surface area contributed by atoms with E-state index in [1.807, 2.05) is 0 Å². The van der Waals surface area contributed by atoms with Gasteiger partial charge in [-0.3, -0.25) is 4.79 Å². The second-order valence-corrected chi connectivity index (χ2v) is 5.26. The van der Waals surface area contributed by atoms with Crippen LogP contribution in [-0.2, 0) is 4.79 Å². The van der Waals surface area contributed by atoms with Crippen LogP contribution in [0.5, 0.6) is 0 Å². The molecule has 0 aliphatic heterocycles. The van der Waals surface area contributed by atoms with Gasteiger partial charge in [0.25, 0.3) is 0 Å². The molecule has 0 amide bonds. The van der Waals surface area contributed by atoms with Crippen LogP contribution in [0.15, 0.2) is 11.1 Å². The number of hydrogen-bond donors (Lipinski definition) is 0. The normalized spacial score (nSPS) is 19.5. The summed E-state index contributed by atoms with van der Waals surface area (Å²) in [6, 6.07) is 0. The molecule has 86 valence electrons. The average molecular weight is 208 g/mol. The van der Waals surface area contributed by atoms with Gasteiger partial charge in [-0.25, -0.2) is 0 Å². The Morgan fingerprint density at radius 1 is 1.27 bits per heavy atom. The van der Waals surface area contributed by atoms with Crippen LogP contribution in [0, 0.1) is 11.8 Å². The van der Waals surface area contributed by atoms with Crippen molar-refractivity contribution in [2.75, 3.05) is 0 Å². The zero-order chi connectivity index (χ0) is 11.4. The molecule has 15 heavy (non-hydrogen) atoms. The first-order valence-corrected chi connectivity index (χ1v) is 6.20. The second kappa shape index (κ2) is 5.48. The number of allylic oxidation sites excluding steroid dienone is 2. The molecule has 0 aromatic carbocycles. The van der Waals surface area contributed by atoms with Crippen molar-refractivity contribution < 1.29 is 4.79 Å². The minimum Gasteiger partial charge on any atom is -0.300 e. The summed E-state index contributed by atoms with van der Waals surface area (Å²) in [5.41, 5.74) is 3.11. The Labute approximate surface area is 93.9 Å². The summed E-state index contributed by atoms with van der Waals surface area (Å²) < 4.78 is 0. The molecule has 0 heterocycles. The van der Waals surface area contributed by atoms with E-state index >= 15 is 0 Å². The number of ketones is 1. The average Bonchev–Trinajstić information content (AvgIpc) is 2.15. The highest BCUT2D eigenvalue weighted by Gasteiger charge is 2.21. The van der Waals surface area contributed by atoms with Crippen molar-refractivity contribution in [2.24, 2.45) is 11.8 Å². The lowest BCUT2D eigenvalue weighted by Crippen LogP contribution is -2.19. The molecular weight excluding hydrogens is 184 g/mol. The Kier molecular flexibility index (Phi) is 4.56. The molecule has 0 N–H and O–H groups in total. The van der Waals surface area contributed by atoms with Gasteiger partial charge in [0.2, 0.25) is 0 Å². The number of carbonyl (C=O) groups excluding carboxylic acids is 1. The fourth-order valence-corrected chi connectivity index (χ4v) is 2.51. The molecule has 0 aromatic heterocycles. The standard InChI is InChI=1S/C14H24O/c1-10(2)14(12(4)15)9-13-8-6-5-7-11(13)3/h10,14H,5-9H2,1-4H3. The molecule has 1 aliphatic rings. The first kappa shape index (κ1) is 12.5. The maximum absolute atomic E-state index is 11.5. The van der Waals surface area contributed by atoms with Gasteiger partial charge in [-0.1, -0.05) is 25.0 Å². The molecule has 0 bridgehead atoms. The number of Topliss-reactive ketones (excluding diaryl/α,β-unsaturated/α-hetero) is 1. The van der Waals surface area contributed by atoms with Crippen LogP contribution in [0.1, 0.15) is 59.8 Å². The van der Waals surface area contributed by atoms with E-state index in [4.69, 9.17) is 0 Å². The molecule has 0 radical (unpaired) electrons. The van der Waals surface area contributed by atoms with Gasteiger partial charge in [-0.15, -0.1) is 0 Å². The van der Waals surface area contributed by atoms with Crippen LogP contribution < -0.4 is 0 Å². The maximum Gasteiger partial charge on any atom is 0.133 e. The second-order valence-electron chi connectivity index (χ2n) is 5.26. The molecule has 0 aromatic rings. The summed E-state index contributed by atoms with van der Waals surface area (Å²) in [6.07, 6.45) is 6.14. The maximum atomic E-state index is 11.5. The number of carbonyl (C=O) groups is 1. The minimum absolute atomic E-state index is 0.244. The molecule has 0 saturated carbocycles. The lowest BCUT2D eigenvalue weighted by atomic mass is 9.81. The van der Waals surface area contributed by atoms with Crippen molar-refractivity contribution in [1.29, 1.82) is 0 Å². The summed E-state index contributed by atoms with van der Waals surface area (Å²) in [5, 5.41) is 0. The monoisotopic (exact) mass is 208 g/mol. The molecule has 1 rings (SSSR count). The van der Waals surface area contributed by atoms with Crippen LogP contribution in [0.25, 0.3) is 0 Å². The van der Waals surface area contributed by atoms with Crippen molar-refractivity contribution in [3.8, 4) is 0 Å². The van der Waals surface area contributed by atoms with E-state index in [0.29, 0.717) is 11.7 Å². The Bertz CT molecular complexity index is 261. The quantitative estimate of drug-likeness (QED) is 0.635. The smallest absolute Gasteiger partial charge is 0.133 e. The third kappa shape index (κ3) is 3.48. The van der Waals surface area contributed by atoms with Crippen molar-refractivity contribution in [2.45, 2.75) is 59.8 Å². The van der Waals surface area contributed by atoms with Gasteiger partial charge in [0.1, 0.15) is 5.78 Å². The first-order chi connectivity index (χ1) is 7.02. The molecule has 0 fully saturated rings. The van der Waals surface area contributed by atoms with Crippen LogP contribution in [0.3, 0.4) is 0 Å². The van der Waals surface area contributed by atoms with Crippen LogP contribution >= 0.6 is 0 Å². The van der Waals surface area contributed by atoms with Crippen LogP contribution in [0.4, 0.5) is 0 Å². The predicted octanol–water partition coefficient (Wildman–Crippen LogP) is 4.13. The summed E-state index contributed by atoms with van der Waals surface area (Å²) in [7, 11) is 0. The number of hydrogen-bond acceptors (Lipinski definition) is 1. The van der Waals surface area contributed by atoms with E-state index in [1.165, 1.54) is 25.7 Å². The third-order valence-corrected chi connectivity index (χ3v) is 3.68. The Balaban J connectivity index is 2.69. The topological polar surface area (TPSA) is 17.1 Å². The fraction of sp³-hybridized carbons (Fsp3) is 0.786. The van der Waals surface area contributed by atoms with Crippen molar-refractivity contribution in [3.63, 3.8) is 0 Å². The molecule has 1 unspecified atom stereocenters. The number of rotatable bonds is 4. The van der Waals surface area contributed by atoms with Crippen molar-refractivity contribution >= 4 is 5.78 Å². The molecule has 1 atom stereocenters. The van der Waals surface area contributed by atoms with Gasteiger partial charge >= 0.3 is 0 Å². The molecular formula is C14H24O. The van der Waals surface area contributed by atoms with Gasteiger partial charge in [0.05, 0.1) is 0 Å². The SMILES string of the molecule is CC(=O)C(CC1=C(C)CCCC1)C(C)C. The Hall–Kier alpha value is -0.590. The fourth-order valence-electron chi connectivity index (χ4n) is 2.51. The van der Waals surface area contributed by atoms with E-state index in [0.717, 1.165) is 6.42 Å². The molecule has 1 heteroatoms. The van der Waals surface area contributed by atoms with Gasteiger partial charge in [0.15, 0.2) is 0 Å². The highest BCUT2D eigenvalue weighted by molar-refractivity contribution is 5.78. The molecule has 1 nitrogen and oxygen atoms in total. The Morgan fingerprint density at radius 2 is 1.87 bits per heavy atom. The Morgan fingerprint density at radius 3 is 2.33 bits per heavy atom. The first-order valence-electron chi connectivity index (χ1n) is 6.20. The predicted molar refractivity (Wildman–Crippen MR) is 64.8 cm³/mol. The van der Waals surface area contributed by atoms with Crippen molar-refractivity contribution in [3.05, 3.63) is 11.1 Å². The van der Waals surface area contributed by atoms with Gasteiger partial charge in [-0.05, 0) is 51.9 Å². The van der Waals surface area contributed by atoms with E-state index in [1.54, 1.807) is 18.1 Å². The summed E-state index contributed by atoms with van der Waals surface area (Å²) in [5.74, 6) is 1.08. The summed E-state index contributed by atoms with van der Waals surface area (Å²) in [6.45, 7) is 8.30. The zero-order valence-corrected chi connectivity index (χ0v) is 10.6. The highest BCUT2D eigenvalue weighted by atomic mass is 16.1. The van der Waals surface area contributed by atoms with Gasteiger partial charge in [-0.2, -0.15) is 0 Å². The minimum atomic E-state index is 0.244. The van der Waals surface area contributed by atoms with E-state index < -0.39 is 0 Å². The van der Waals surface area contributed by atoms with E-state index in [2.05, 4.69) is 20.8 Å². The van der Waals surface area contributed by atoms with Crippen LogP contribution in [-0.4, -0.2) is 5.78 Å². The highest BCUT2D eigenvalue weighted by Crippen LogP contribution is 2.31. The lowest BCUT2D eigenvalue weighted by Gasteiger charge is -2.24. The largest absolute Gasteiger partial charge is 0.300 e. The van der Waals surface area contributed by atoms with E-state index in [9.17, 15) is 4.79 Å². The van der Waals surface area contributed by atoms with Gasteiger partial charge in [0, 0.05) is 5.92 Å². The zero-order valence-electron chi connectivity index (χ0n) is 10.6. The molecule has 0 spiro atoms.